The van der Waals surface area contributed by atoms with Crippen molar-refractivity contribution in [3.05, 3.63) is 29.3 Å². The quantitative estimate of drug-likeness (QED) is 0.634. The van der Waals surface area contributed by atoms with Crippen LogP contribution in [0.1, 0.15) is 24.5 Å². The highest BCUT2D eigenvalue weighted by Gasteiger charge is 2.07. The van der Waals surface area contributed by atoms with Crippen molar-refractivity contribution < 1.29 is 0 Å². The van der Waals surface area contributed by atoms with Crippen LogP contribution in [0.3, 0.4) is 0 Å². The molecular formula is C10H12N2. The van der Waals surface area contributed by atoms with Crippen LogP contribution in [0.15, 0.2) is 28.4 Å². The molecule has 1 aliphatic heterocycles. The maximum absolute atomic E-state index is 4.03. The van der Waals surface area contributed by atoms with Crippen LogP contribution in [0.25, 0.3) is 0 Å². The largest absolute Gasteiger partial charge is 0.184 e. The number of azo groups is 1. The molecule has 1 aromatic carbocycles. The Morgan fingerprint density at radius 1 is 1.42 bits per heavy atom. The zero-order valence-corrected chi connectivity index (χ0v) is 7.25. The molecule has 62 valence electrons. The number of hydrogen-bond donors (Lipinski definition) is 0. The molecule has 0 saturated heterocycles. The van der Waals surface area contributed by atoms with E-state index in [1.54, 1.807) is 0 Å². The zero-order chi connectivity index (χ0) is 8.39. The third-order valence-corrected chi connectivity index (χ3v) is 2.10. The van der Waals surface area contributed by atoms with E-state index >= 15 is 0 Å². The molecule has 0 saturated carbocycles. The minimum Gasteiger partial charge on any atom is -0.184 e. The Morgan fingerprint density at radius 2 is 2.33 bits per heavy atom. The fourth-order valence-corrected chi connectivity index (χ4v) is 1.49. The van der Waals surface area contributed by atoms with Crippen molar-refractivity contribution in [1.29, 1.82) is 0 Å². The zero-order valence-electron chi connectivity index (χ0n) is 7.25. The molecule has 12 heavy (non-hydrogen) atoms. The SMILES string of the molecule is CCCc1ccc2c(c1)CN=N2. The lowest BCUT2D eigenvalue weighted by molar-refractivity contribution is 0.918. The van der Waals surface area contributed by atoms with Gasteiger partial charge in [-0.05, 0) is 18.1 Å². The first kappa shape index (κ1) is 7.47. The van der Waals surface area contributed by atoms with Gasteiger partial charge in [0.2, 0.25) is 0 Å². The second-order valence-electron chi connectivity index (χ2n) is 3.11. The van der Waals surface area contributed by atoms with Gasteiger partial charge in [-0.25, -0.2) is 0 Å². The first-order chi connectivity index (χ1) is 5.90. The maximum Gasteiger partial charge on any atom is 0.0904 e. The Labute approximate surface area is 72.3 Å². The molecule has 0 fully saturated rings. The van der Waals surface area contributed by atoms with Crippen LogP contribution in [0.4, 0.5) is 5.69 Å². The number of benzene rings is 1. The summed E-state index contributed by atoms with van der Waals surface area (Å²) in [7, 11) is 0. The van der Waals surface area contributed by atoms with Gasteiger partial charge in [-0.1, -0.05) is 25.5 Å². The Balaban J connectivity index is 2.29. The van der Waals surface area contributed by atoms with Gasteiger partial charge in [0.25, 0.3) is 0 Å². The van der Waals surface area contributed by atoms with E-state index in [0.29, 0.717) is 0 Å². The van der Waals surface area contributed by atoms with E-state index in [4.69, 9.17) is 0 Å². The van der Waals surface area contributed by atoms with Crippen molar-refractivity contribution in [2.75, 3.05) is 0 Å². The van der Waals surface area contributed by atoms with Crippen molar-refractivity contribution in [1.82, 2.24) is 0 Å². The summed E-state index contributed by atoms with van der Waals surface area (Å²) in [5.41, 5.74) is 3.74. The van der Waals surface area contributed by atoms with E-state index in [1.165, 1.54) is 17.5 Å². The van der Waals surface area contributed by atoms with Gasteiger partial charge < -0.3 is 0 Å². The molecule has 0 radical (unpaired) electrons. The van der Waals surface area contributed by atoms with Crippen LogP contribution in [0.5, 0.6) is 0 Å². The lowest BCUT2D eigenvalue weighted by atomic mass is 10.1. The topological polar surface area (TPSA) is 24.7 Å². The monoisotopic (exact) mass is 160 g/mol. The lowest BCUT2D eigenvalue weighted by Gasteiger charge is -2.00. The molecule has 0 N–H and O–H groups in total. The van der Waals surface area contributed by atoms with Gasteiger partial charge in [0.15, 0.2) is 0 Å². The van der Waals surface area contributed by atoms with E-state index in [9.17, 15) is 0 Å². The predicted molar refractivity (Wildman–Crippen MR) is 48.7 cm³/mol. The number of rotatable bonds is 2. The summed E-state index contributed by atoms with van der Waals surface area (Å²) in [5.74, 6) is 0. The number of hydrogen-bond acceptors (Lipinski definition) is 2. The molecular weight excluding hydrogens is 148 g/mol. The molecule has 0 aliphatic carbocycles. The van der Waals surface area contributed by atoms with Crippen LogP contribution < -0.4 is 0 Å². The average Bonchev–Trinajstić information content (AvgIpc) is 2.51. The van der Waals surface area contributed by atoms with Crippen LogP contribution in [-0.4, -0.2) is 0 Å². The Bertz CT molecular complexity index is 316. The van der Waals surface area contributed by atoms with Gasteiger partial charge in [-0.15, -0.1) is 0 Å². The summed E-state index contributed by atoms with van der Waals surface area (Å²) >= 11 is 0. The maximum atomic E-state index is 4.03. The fraction of sp³-hybridized carbons (Fsp3) is 0.400. The minimum absolute atomic E-state index is 0.771. The van der Waals surface area contributed by atoms with Crippen molar-refractivity contribution >= 4 is 5.69 Å². The third-order valence-electron chi connectivity index (χ3n) is 2.10. The first-order valence-corrected chi connectivity index (χ1v) is 4.39. The Kier molecular flexibility index (Phi) is 1.90. The van der Waals surface area contributed by atoms with E-state index in [1.807, 2.05) is 0 Å². The van der Waals surface area contributed by atoms with Crippen molar-refractivity contribution in [3.8, 4) is 0 Å². The molecule has 2 rings (SSSR count). The van der Waals surface area contributed by atoms with Gasteiger partial charge in [0.1, 0.15) is 0 Å². The van der Waals surface area contributed by atoms with E-state index < -0.39 is 0 Å². The summed E-state index contributed by atoms with van der Waals surface area (Å²) in [6.07, 6.45) is 2.36. The Hall–Kier alpha value is -1.18. The molecule has 1 heterocycles. The van der Waals surface area contributed by atoms with E-state index in [0.717, 1.165) is 18.7 Å². The van der Waals surface area contributed by atoms with Gasteiger partial charge in [-0.3, -0.25) is 0 Å². The third kappa shape index (κ3) is 1.24. The van der Waals surface area contributed by atoms with Gasteiger partial charge in [0, 0.05) is 5.56 Å². The molecule has 2 heteroatoms. The van der Waals surface area contributed by atoms with Gasteiger partial charge >= 0.3 is 0 Å². The highest BCUT2D eigenvalue weighted by atomic mass is 15.1. The normalized spacial score (nSPS) is 13.4. The van der Waals surface area contributed by atoms with Crippen molar-refractivity contribution in [2.24, 2.45) is 10.2 Å². The van der Waals surface area contributed by atoms with Crippen LogP contribution >= 0.6 is 0 Å². The summed E-state index contributed by atoms with van der Waals surface area (Å²) in [6.45, 7) is 2.97. The summed E-state index contributed by atoms with van der Waals surface area (Å²) in [5, 5.41) is 8.00. The van der Waals surface area contributed by atoms with E-state index in [2.05, 4.69) is 35.4 Å². The summed E-state index contributed by atoms with van der Waals surface area (Å²) in [4.78, 5) is 0. The van der Waals surface area contributed by atoms with Crippen LogP contribution in [-0.2, 0) is 13.0 Å². The van der Waals surface area contributed by atoms with Crippen molar-refractivity contribution in [3.63, 3.8) is 0 Å². The molecule has 0 bridgehead atoms. The van der Waals surface area contributed by atoms with Crippen LogP contribution in [0.2, 0.25) is 0 Å². The second kappa shape index (κ2) is 3.05. The number of fused-ring (bicyclic) bond motifs is 1. The predicted octanol–water partition coefficient (Wildman–Crippen LogP) is 3.24. The molecule has 0 spiro atoms. The number of nitrogens with zero attached hydrogens (tertiary/aromatic N) is 2. The number of aryl methyl sites for hydroxylation is 1. The fourth-order valence-electron chi connectivity index (χ4n) is 1.49. The van der Waals surface area contributed by atoms with Gasteiger partial charge in [-0.2, -0.15) is 10.2 Å². The van der Waals surface area contributed by atoms with Gasteiger partial charge in [0.05, 0.1) is 12.2 Å². The Morgan fingerprint density at radius 3 is 3.17 bits per heavy atom. The molecule has 1 aromatic rings. The molecule has 0 aromatic heterocycles. The van der Waals surface area contributed by atoms with Crippen LogP contribution in [0, 0.1) is 0 Å². The minimum atomic E-state index is 0.771. The molecule has 0 amide bonds. The standard InChI is InChI=1S/C10H12N2/c1-2-3-8-4-5-10-9(6-8)7-11-12-10/h4-6H,2-3,7H2,1H3. The smallest absolute Gasteiger partial charge is 0.0904 e. The molecule has 0 atom stereocenters. The highest BCUT2D eigenvalue weighted by molar-refractivity contribution is 5.49. The van der Waals surface area contributed by atoms with Crippen molar-refractivity contribution in [2.45, 2.75) is 26.3 Å². The highest BCUT2D eigenvalue weighted by Crippen LogP contribution is 2.27. The summed E-state index contributed by atoms with van der Waals surface area (Å²) in [6, 6.07) is 6.43. The molecule has 0 unspecified atom stereocenters. The van der Waals surface area contributed by atoms with E-state index in [-0.39, 0.29) is 0 Å². The first-order valence-electron chi connectivity index (χ1n) is 4.39. The molecule has 2 nitrogen and oxygen atoms in total. The second-order valence-corrected chi connectivity index (χ2v) is 3.11. The lowest BCUT2D eigenvalue weighted by Crippen LogP contribution is -1.84. The average molecular weight is 160 g/mol. The summed E-state index contributed by atoms with van der Waals surface area (Å²) < 4.78 is 0. The molecule has 1 aliphatic rings.